The van der Waals surface area contributed by atoms with Crippen molar-refractivity contribution in [2.24, 2.45) is 0 Å². The van der Waals surface area contributed by atoms with E-state index < -0.39 is 11.9 Å². The first kappa shape index (κ1) is 11.1. The average Bonchev–Trinajstić information content (AvgIpc) is 2.65. The number of carbonyl (C=O) groups excluding carboxylic acids is 1. The summed E-state index contributed by atoms with van der Waals surface area (Å²) in [5, 5.41) is 8.99. The molecule has 1 N–H and O–H groups in total. The van der Waals surface area contributed by atoms with Gasteiger partial charge in [0.25, 0.3) is 0 Å². The molecule has 0 fully saturated rings. The highest BCUT2D eigenvalue weighted by atomic mass is 16.5. The summed E-state index contributed by atoms with van der Waals surface area (Å²) in [7, 11) is 1.27. The summed E-state index contributed by atoms with van der Waals surface area (Å²) in [6.07, 6.45) is 1.59. The van der Waals surface area contributed by atoms with Crippen LogP contribution >= 0.6 is 0 Å². The Bertz CT molecular complexity index is 615. The van der Waals surface area contributed by atoms with Crippen LogP contribution in [0.25, 0.3) is 5.52 Å². The summed E-state index contributed by atoms with van der Waals surface area (Å²) in [6, 6.07) is 3.01. The summed E-state index contributed by atoms with van der Waals surface area (Å²) in [5.74, 6) is -1.09. The number of aryl methyl sites for hydroxylation is 1. The second kappa shape index (κ2) is 3.89. The van der Waals surface area contributed by atoms with Crippen LogP contribution in [0.3, 0.4) is 0 Å². The van der Waals surface area contributed by atoms with Crippen LogP contribution in [0.15, 0.2) is 18.3 Å². The molecule has 2 aromatic heterocycles. The van der Waals surface area contributed by atoms with Gasteiger partial charge in [-0.3, -0.25) is 0 Å². The summed E-state index contributed by atoms with van der Waals surface area (Å²) in [4.78, 5) is 26.3. The first-order valence-corrected chi connectivity index (χ1v) is 4.85. The molecule has 0 radical (unpaired) electrons. The number of methoxy groups -OCH3 is 1. The van der Waals surface area contributed by atoms with Gasteiger partial charge in [0.1, 0.15) is 5.82 Å². The molecular formula is C11H10N2O4. The molecule has 2 aromatic rings. The van der Waals surface area contributed by atoms with Crippen molar-refractivity contribution < 1.29 is 19.4 Å². The molecule has 0 bridgehead atoms. The molecule has 6 heteroatoms. The highest BCUT2D eigenvalue weighted by Gasteiger charge is 2.16. The molecule has 0 aliphatic rings. The fraction of sp³-hybridized carbons (Fsp3) is 0.182. The zero-order chi connectivity index (χ0) is 12.6. The number of aromatic nitrogens is 2. The van der Waals surface area contributed by atoms with Gasteiger partial charge in [-0.1, -0.05) is 0 Å². The van der Waals surface area contributed by atoms with Crippen LogP contribution in [-0.2, 0) is 4.74 Å². The zero-order valence-electron chi connectivity index (χ0n) is 9.30. The normalized spacial score (nSPS) is 10.5. The van der Waals surface area contributed by atoms with E-state index in [0.29, 0.717) is 16.9 Å². The minimum atomic E-state index is -1.13. The number of hydrogen-bond acceptors (Lipinski definition) is 4. The minimum absolute atomic E-state index is 0.0757. The van der Waals surface area contributed by atoms with Crippen molar-refractivity contribution >= 4 is 17.5 Å². The third-order valence-electron chi connectivity index (χ3n) is 2.44. The lowest BCUT2D eigenvalue weighted by atomic mass is 10.2. The van der Waals surface area contributed by atoms with E-state index in [1.165, 1.54) is 13.2 Å². The van der Waals surface area contributed by atoms with Crippen LogP contribution in [0.5, 0.6) is 0 Å². The Morgan fingerprint density at radius 2 is 2.18 bits per heavy atom. The highest BCUT2D eigenvalue weighted by Crippen LogP contribution is 2.15. The number of pyridine rings is 1. The summed E-state index contributed by atoms with van der Waals surface area (Å²) < 4.78 is 6.18. The van der Waals surface area contributed by atoms with E-state index in [2.05, 4.69) is 9.72 Å². The maximum atomic E-state index is 11.3. The first-order valence-electron chi connectivity index (χ1n) is 4.85. The van der Waals surface area contributed by atoms with Gasteiger partial charge in [-0.25, -0.2) is 14.6 Å². The van der Waals surface area contributed by atoms with Crippen LogP contribution in [0.1, 0.15) is 26.7 Å². The number of hydrogen-bond donors (Lipinski definition) is 1. The summed E-state index contributed by atoms with van der Waals surface area (Å²) in [5.41, 5.74) is 0.591. The monoisotopic (exact) mass is 234 g/mol. The number of esters is 1. The molecule has 0 aliphatic heterocycles. The Morgan fingerprint density at radius 3 is 2.76 bits per heavy atom. The first-order chi connectivity index (χ1) is 8.04. The highest BCUT2D eigenvalue weighted by molar-refractivity contribution is 5.96. The van der Waals surface area contributed by atoms with Gasteiger partial charge in [-0.05, 0) is 19.1 Å². The lowest BCUT2D eigenvalue weighted by Gasteiger charge is -2.01. The van der Waals surface area contributed by atoms with Gasteiger partial charge in [-0.15, -0.1) is 0 Å². The van der Waals surface area contributed by atoms with Crippen molar-refractivity contribution in [2.45, 2.75) is 6.92 Å². The molecule has 0 atom stereocenters. The molecule has 0 aliphatic carbocycles. The van der Waals surface area contributed by atoms with Gasteiger partial charge in [0.05, 0.1) is 18.2 Å². The van der Waals surface area contributed by atoms with E-state index in [9.17, 15) is 9.59 Å². The summed E-state index contributed by atoms with van der Waals surface area (Å²) in [6.45, 7) is 1.69. The minimum Gasteiger partial charge on any atom is -0.476 e. The maximum Gasteiger partial charge on any atom is 0.356 e. The van der Waals surface area contributed by atoms with Crippen LogP contribution in [0.2, 0.25) is 0 Å². The molecular weight excluding hydrogens is 224 g/mol. The van der Waals surface area contributed by atoms with Crippen LogP contribution in [0, 0.1) is 6.92 Å². The predicted molar refractivity (Wildman–Crippen MR) is 58.2 cm³/mol. The van der Waals surface area contributed by atoms with E-state index in [4.69, 9.17) is 5.11 Å². The Morgan fingerprint density at radius 1 is 1.47 bits per heavy atom. The van der Waals surface area contributed by atoms with Gasteiger partial charge >= 0.3 is 11.9 Å². The Kier molecular flexibility index (Phi) is 2.55. The average molecular weight is 234 g/mol. The molecule has 6 nitrogen and oxygen atoms in total. The predicted octanol–water partition coefficient (Wildman–Crippen LogP) is 1.13. The number of ether oxygens (including phenoxy) is 1. The van der Waals surface area contributed by atoms with Gasteiger partial charge in [0.15, 0.2) is 5.69 Å². The molecule has 88 valence electrons. The molecule has 0 aromatic carbocycles. The molecule has 0 saturated carbocycles. The lowest BCUT2D eigenvalue weighted by Crippen LogP contribution is -2.03. The van der Waals surface area contributed by atoms with Gasteiger partial charge in [0, 0.05) is 6.20 Å². The number of nitrogens with zero attached hydrogens (tertiary/aromatic N) is 2. The van der Waals surface area contributed by atoms with Crippen molar-refractivity contribution in [3.63, 3.8) is 0 Å². The number of rotatable bonds is 2. The SMILES string of the molecule is COC(=O)c1ccn2c(C)nc(C(=O)O)c2c1. The number of fused-ring (bicyclic) bond motifs is 1. The molecule has 0 saturated heterocycles. The Balaban J connectivity index is 2.70. The molecule has 2 heterocycles. The third kappa shape index (κ3) is 1.73. The number of aromatic carboxylic acids is 1. The third-order valence-corrected chi connectivity index (χ3v) is 2.44. The topological polar surface area (TPSA) is 80.9 Å². The Labute approximate surface area is 96.5 Å². The molecule has 0 spiro atoms. The van der Waals surface area contributed by atoms with Gasteiger partial charge in [-0.2, -0.15) is 0 Å². The van der Waals surface area contributed by atoms with Crippen molar-refractivity contribution in [1.82, 2.24) is 9.38 Å². The van der Waals surface area contributed by atoms with E-state index in [-0.39, 0.29) is 5.69 Å². The van der Waals surface area contributed by atoms with E-state index in [1.807, 2.05) is 0 Å². The summed E-state index contributed by atoms with van der Waals surface area (Å²) >= 11 is 0. The largest absolute Gasteiger partial charge is 0.476 e. The van der Waals surface area contributed by atoms with Gasteiger partial charge in [0.2, 0.25) is 0 Å². The molecule has 0 unspecified atom stereocenters. The van der Waals surface area contributed by atoms with Gasteiger partial charge < -0.3 is 14.2 Å². The number of carboxylic acid groups (broad SMARTS) is 1. The maximum absolute atomic E-state index is 11.3. The van der Waals surface area contributed by atoms with E-state index in [0.717, 1.165) is 0 Å². The second-order valence-corrected chi connectivity index (χ2v) is 3.48. The Hall–Kier alpha value is -2.37. The quantitative estimate of drug-likeness (QED) is 0.787. The van der Waals surface area contributed by atoms with Crippen LogP contribution < -0.4 is 0 Å². The van der Waals surface area contributed by atoms with Crippen molar-refractivity contribution in [1.29, 1.82) is 0 Å². The number of imidazole rings is 1. The fourth-order valence-corrected chi connectivity index (χ4v) is 1.64. The standard InChI is InChI=1S/C11H10N2O4/c1-6-12-9(10(14)15)8-5-7(11(16)17-2)3-4-13(6)8/h3-5H,1-2H3,(H,14,15). The lowest BCUT2D eigenvalue weighted by molar-refractivity contribution is 0.0599. The number of carbonyl (C=O) groups is 2. The molecule has 17 heavy (non-hydrogen) atoms. The van der Waals surface area contributed by atoms with Crippen molar-refractivity contribution in [3.05, 3.63) is 35.4 Å². The molecule has 0 amide bonds. The number of carboxylic acids is 1. The van der Waals surface area contributed by atoms with Crippen molar-refractivity contribution in [2.75, 3.05) is 7.11 Å². The van der Waals surface area contributed by atoms with E-state index >= 15 is 0 Å². The zero-order valence-corrected chi connectivity index (χ0v) is 9.30. The second-order valence-electron chi connectivity index (χ2n) is 3.48. The molecule has 2 rings (SSSR count). The smallest absolute Gasteiger partial charge is 0.356 e. The van der Waals surface area contributed by atoms with Crippen LogP contribution in [-0.4, -0.2) is 33.5 Å². The fourth-order valence-electron chi connectivity index (χ4n) is 1.64. The van der Waals surface area contributed by atoms with E-state index in [1.54, 1.807) is 23.6 Å². The van der Waals surface area contributed by atoms with Crippen LogP contribution in [0.4, 0.5) is 0 Å². The van der Waals surface area contributed by atoms with Crippen molar-refractivity contribution in [3.8, 4) is 0 Å².